The maximum atomic E-state index is 14.0. The summed E-state index contributed by atoms with van der Waals surface area (Å²) >= 11 is 5.19. The van der Waals surface area contributed by atoms with Crippen molar-refractivity contribution in [3.63, 3.8) is 0 Å². The maximum absolute atomic E-state index is 14.0. The van der Waals surface area contributed by atoms with Gasteiger partial charge in [-0.05, 0) is 42.0 Å². The van der Waals surface area contributed by atoms with Crippen LogP contribution < -0.4 is 4.90 Å². The van der Waals surface area contributed by atoms with Gasteiger partial charge in [0.25, 0.3) is 0 Å². The van der Waals surface area contributed by atoms with E-state index in [1.807, 2.05) is 43.3 Å². The van der Waals surface area contributed by atoms with Gasteiger partial charge >= 0.3 is 0 Å². The summed E-state index contributed by atoms with van der Waals surface area (Å²) in [5.41, 5.74) is 2.34. The number of benzene rings is 2. The number of hydrogen-bond donors (Lipinski definition) is 1. The van der Waals surface area contributed by atoms with Crippen molar-refractivity contribution in [3.05, 3.63) is 64.7 Å². The van der Waals surface area contributed by atoms with Gasteiger partial charge in [0.05, 0.1) is 11.8 Å². The Morgan fingerprint density at radius 1 is 1.17 bits per heavy atom. The van der Waals surface area contributed by atoms with E-state index in [2.05, 4.69) is 15.3 Å². The Bertz CT molecular complexity index is 925. The molecule has 0 radical (unpaired) electrons. The molecule has 1 heterocycles. The summed E-state index contributed by atoms with van der Waals surface area (Å²) in [6.45, 7) is 0. The van der Waals surface area contributed by atoms with Gasteiger partial charge in [0.1, 0.15) is 5.82 Å². The lowest BCUT2D eigenvalue weighted by Gasteiger charge is -2.11. The Morgan fingerprint density at radius 3 is 2.54 bits per heavy atom. The van der Waals surface area contributed by atoms with E-state index in [0.717, 1.165) is 11.3 Å². The second-order valence-corrected chi connectivity index (χ2v) is 5.76. The molecule has 0 fully saturated rings. The van der Waals surface area contributed by atoms with Crippen LogP contribution in [0, 0.1) is 10.6 Å². The standard InChI is InChI=1S/C17H16FN5S/c1-22(2)13-9-7-12(8-10-13)11-19-23-16(20-21-17(23)24)14-5-3-4-6-15(14)18/h3-11H,1-2H3,(H,21,24)/b19-11-. The predicted octanol–water partition coefficient (Wildman–Crippen LogP) is 3.69. The number of anilines is 1. The molecule has 24 heavy (non-hydrogen) atoms. The lowest BCUT2D eigenvalue weighted by Crippen LogP contribution is -2.08. The minimum Gasteiger partial charge on any atom is -0.378 e. The molecule has 0 saturated heterocycles. The molecule has 0 spiro atoms. The van der Waals surface area contributed by atoms with Gasteiger partial charge in [0.15, 0.2) is 5.82 Å². The van der Waals surface area contributed by atoms with E-state index in [9.17, 15) is 4.39 Å². The highest BCUT2D eigenvalue weighted by Gasteiger charge is 2.12. The summed E-state index contributed by atoms with van der Waals surface area (Å²) in [4.78, 5) is 2.02. The summed E-state index contributed by atoms with van der Waals surface area (Å²) in [6.07, 6.45) is 1.66. The number of rotatable bonds is 4. The van der Waals surface area contributed by atoms with Crippen molar-refractivity contribution in [1.29, 1.82) is 0 Å². The molecule has 1 aromatic heterocycles. The highest BCUT2D eigenvalue weighted by molar-refractivity contribution is 7.71. The first-order valence-electron chi connectivity index (χ1n) is 7.30. The van der Waals surface area contributed by atoms with Crippen LogP contribution in [0.5, 0.6) is 0 Å². The Balaban J connectivity index is 1.95. The fourth-order valence-electron chi connectivity index (χ4n) is 2.20. The zero-order chi connectivity index (χ0) is 17.1. The molecule has 0 atom stereocenters. The molecule has 3 rings (SSSR count). The van der Waals surface area contributed by atoms with Crippen LogP contribution >= 0.6 is 12.2 Å². The molecule has 2 aromatic carbocycles. The van der Waals surface area contributed by atoms with Crippen molar-refractivity contribution in [2.24, 2.45) is 5.10 Å². The number of halogens is 1. The van der Waals surface area contributed by atoms with Gasteiger partial charge in [-0.3, -0.25) is 0 Å². The van der Waals surface area contributed by atoms with Crippen molar-refractivity contribution < 1.29 is 4.39 Å². The molecule has 0 amide bonds. The predicted molar refractivity (Wildman–Crippen MR) is 96.6 cm³/mol. The summed E-state index contributed by atoms with van der Waals surface area (Å²) in [5, 5.41) is 11.1. The van der Waals surface area contributed by atoms with Gasteiger partial charge < -0.3 is 4.90 Å². The van der Waals surface area contributed by atoms with Crippen LogP contribution in [0.25, 0.3) is 11.4 Å². The fraction of sp³-hybridized carbons (Fsp3) is 0.118. The number of H-pyrrole nitrogens is 1. The van der Waals surface area contributed by atoms with Crippen LogP contribution in [-0.2, 0) is 0 Å². The summed E-state index contributed by atoms with van der Waals surface area (Å²) in [5.74, 6) is -0.0439. The average Bonchev–Trinajstić information content (AvgIpc) is 2.94. The van der Waals surface area contributed by atoms with Crippen LogP contribution in [0.4, 0.5) is 10.1 Å². The van der Waals surface area contributed by atoms with Gasteiger partial charge in [0.2, 0.25) is 4.77 Å². The summed E-state index contributed by atoms with van der Waals surface area (Å²) < 4.78 is 15.7. The van der Waals surface area contributed by atoms with Crippen LogP contribution in [0.3, 0.4) is 0 Å². The monoisotopic (exact) mass is 341 g/mol. The van der Waals surface area contributed by atoms with Crippen molar-refractivity contribution in [2.75, 3.05) is 19.0 Å². The normalized spacial score (nSPS) is 11.1. The smallest absolute Gasteiger partial charge is 0.216 e. The molecule has 0 aliphatic carbocycles. The number of nitrogens with one attached hydrogen (secondary N) is 1. The maximum Gasteiger partial charge on any atom is 0.216 e. The third-order valence-corrected chi connectivity index (χ3v) is 3.76. The molecule has 122 valence electrons. The molecule has 0 bridgehead atoms. The highest BCUT2D eigenvalue weighted by atomic mass is 32.1. The molecule has 0 saturated carbocycles. The third kappa shape index (κ3) is 3.26. The summed E-state index contributed by atoms with van der Waals surface area (Å²) in [6, 6.07) is 14.3. The molecule has 5 nitrogen and oxygen atoms in total. The number of aromatic nitrogens is 3. The molecular formula is C17H16FN5S. The molecule has 0 aliphatic heterocycles. The zero-order valence-electron chi connectivity index (χ0n) is 13.3. The second kappa shape index (κ2) is 6.76. The SMILES string of the molecule is CN(C)c1ccc(/C=N\n2c(-c3ccccc3F)n[nH]c2=S)cc1. The van der Waals surface area contributed by atoms with E-state index in [4.69, 9.17) is 12.2 Å². The van der Waals surface area contributed by atoms with E-state index in [-0.39, 0.29) is 5.82 Å². The van der Waals surface area contributed by atoms with Crippen LogP contribution in [-0.4, -0.2) is 35.2 Å². The van der Waals surface area contributed by atoms with Crippen molar-refractivity contribution in [1.82, 2.24) is 14.9 Å². The Labute approximate surface area is 144 Å². The number of hydrogen-bond acceptors (Lipinski definition) is 4. The molecule has 1 N–H and O–H groups in total. The first kappa shape index (κ1) is 16.1. The van der Waals surface area contributed by atoms with E-state index in [0.29, 0.717) is 16.2 Å². The van der Waals surface area contributed by atoms with Crippen LogP contribution in [0.2, 0.25) is 0 Å². The highest BCUT2D eigenvalue weighted by Crippen LogP contribution is 2.20. The van der Waals surface area contributed by atoms with E-state index in [1.165, 1.54) is 10.7 Å². The minimum absolute atomic E-state index is 0.300. The van der Waals surface area contributed by atoms with Crippen LogP contribution in [0.1, 0.15) is 5.56 Å². The zero-order valence-corrected chi connectivity index (χ0v) is 14.1. The number of nitrogens with zero attached hydrogens (tertiary/aromatic N) is 4. The molecule has 3 aromatic rings. The quantitative estimate of drug-likeness (QED) is 0.581. The Morgan fingerprint density at radius 2 is 1.88 bits per heavy atom. The molecule has 0 unspecified atom stereocenters. The largest absolute Gasteiger partial charge is 0.378 e. The lowest BCUT2D eigenvalue weighted by molar-refractivity contribution is 0.628. The fourth-order valence-corrected chi connectivity index (χ4v) is 2.38. The third-order valence-electron chi connectivity index (χ3n) is 3.50. The van der Waals surface area contributed by atoms with E-state index in [1.54, 1.807) is 24.4 Å². The molecular weight excluding hydrogens is 325 g/mol. The Hall–Kier alpha value is -2.80. The van der Waals surface area contributed by atoms with E-state index >= 15 is 0 Å². The average molecular weight is 341 g/mol. The first-order chi connectivity index (χ1) is 11.6. The second-order valence-electron chi connectivity index (χ2n) is 5.37. The molecule has 7 heteroatoms. The molecule has 0 aliphatic rings. The lowest BCUT2D eigenvalue weighted by atomic mass is 10.2. The van der Waals surface area contributed by atoms with Crippen molar-refractivity contribution in [3.8, 4) is 11.4 Å². The van der Waals surface area contributed by atoms with Gasteiger partial charge in [0, 0.05) is 19.8 Å². The van der Waals surface area contributed by atoms with Gasteiger partial charge in [-0.2, -0.15) is 14.9 Å². The van der Waals surface area contributed by atoms with Crippen LogP contribution in [0.15, 0.2) is 53.6 Å². The van der Waals surface area contributed by atoms with Crippen molar-refractivity contribution >= 4 is 24.1 Å². The van der Waals surface area contributed by atoms with Gasteiger partial charge in [-0.25, -0.2) is 9.49 Å². The van der Waals surface area contributed by atoms with E-state index < -0.39 is 0 Å². The topological polar surface area (TPSA) is 49.2 Å². The number of aromatic amines is 1. The summed E-state index contributed by atoms with van der Waals surface area (Å²) in [7, 11) is 3.96. The first-order valence-corrected chi connectivity index (χ1v) is 7.71. The van der Waals surface area contributed by atoms with Gasteiger partial charge in [-0.15, -0.1) is 0 Å². The minimum atomic E-state index is -0.377. The Kier molecular flexibility index (Phi) is 4.52. The van der Waals surface area contributed by atoms with Gasteiger partial charge in [-0.1, -0.05) is 24.3 Å². The van der Waals surface area contributed by atoms with Crippen molar-refractivity contribution in [2.45, 2.75) is 0 Å².